The van der Waals surface area contributed by atoms with Crippen LogP contribution >= 0.6 is 0 Å². The predicted molar refractivity (Wildman–Crippen MR) is 107 cm³/mol. The van der Waals surface area contributed by atoms with Gasteiger partial charge < -0.3 is 10.2 Å². The summed E-state index contributed by atoms with van der Waals surface area (Å²) >= 11 is 0. The molecule has 0 saturated carbocycles. The average Bonchev–Trinajstić information content (AvgIpc) is 2.77. The fraction of sp³-hybridized carbons (Fsp3) is 0.174. The number of nitrogens with zero attached hydrogens (tertiary/aromatic N) is 2. The zero-order valence-corrected chi connectivity index (χ0v) is 15.5. The summed E-state index contributed by atoms with van der Waals surface area (Å²) in [5, 5.41) is 2.88. The first-order valence-electron chi connectivity index (χ1n) is 9.34. The summed E-state index contributed by atoms with van der Waals surface area (Å²) in [5.74, 6) is -0.242. The number of rotatable bonds is 4. The van der Waals surface area contributed by atoms with Crippen molar-refractivity contribution in [2.24, 2.45) is 0 Å². The number of hydrogen-bond donors (Lipinski definition) is 1. The third-order valence-electron chi connectivity index (χ3n) is 4.99. The van der Waals surface area contributed by atoms with Crippen LogP contribution in [0.25, 0.3) is 0 Å². The lowest BCUT2D eigenvalue weighted by Crippen LogP contribution is -2.36. The van der Waals surface area contributed by atoms with E-state index in [-0.39, 0.29) is 11.8 Å². The molecule has 140 valence electrons. The normalized spacial score (nSPS) is 12.9. The van der Waals surface area contributed by atoms with Crippen LogP contribution in [0.5, 0.6) is 0 Å². The van der Waals surface area contributed by atoms with E-state index in [4.69, 9.17) is 0 Å². The lowest BCUT2D eigenvalue weighted by atomic mass is 9.99. The summed E-state index contributed by atoms with van der Waals surface area (Å²) < 4.78 is 0. The molecule has 2 heterocycles. The molecule has 1 aliphatic heterocycles. The Morgan fingerprint density at radius 2 is 1.68 bits per heavy atom. The Kier molecular flexibility index (Phi) is 5.15. The van der Waals surface area contributed by atoms with E-state index >= 15 is 0 Å². The standard InChI is InChI=1S/C23H21N3O2/c27-22(25-15-17-8-11-24-12-9-17)19-6-3-7-20(14-19)23(28)26-13-10-18-4-1-2-5-21(18)16-26/h1-9,11-12,14H,10,13,15-16H2,(H,25,27). The van der Waals surface area contributed by atoms with Crippen LogP contribution in [0.4, 0.5) is 0 Å². The van der Waals surface area contributed by atoms with Gasteiger partial charge in [0, 0.05) is 43.2 Å². The molecular weight excluding hydrogens is 350 g/mol. The molecule has 1 N–H and O–H groups in total. The summed E-state index contributed by atoms with van der Waals surface area (Å²) in [6.07, 6.45) is 4.24. The van der Waals surface area contributed by atoms with Crippen molar-refractivity contribution in [2.75, 3.05) is 6.54 Å². The Hall–Kier alpha value is -3.47. The Labute approximate surface area is 164 Å². The zero-order valence-electron chi connectivity index (χ0n) is 15.5. The minimum atomic E-state index is -0.199. The van der Waals surface area contributed by atoms with Gasteiger partial charge in [0.25, 0.3) is 11.8 Å². The fourth-order valence-electron chi connectivity index (χ4n) is 3.43. The van der Waals surface area contributed by atoms with Crippen molar-refractivity contribution >= 4 is 11.8 Å². The van der Waals surface area contributed by atoms with Gasteiger partial charge in [0.2, 0.25) is 0 Å². The second-order valence-corrected chi connectivity index (χ2v) is 6.86. The molecule has 0 unspecified atom stereocenters. The van der Waals surface area contributed by atoms with Gasteiger partial charge in [0.1, 0.15) is 0 Å². The van der Waals surface area contributed by atoms with Crippen molar-refractivity contribution < 1.29 is 9.59 Å². The average molecular weight is 371 g/mol. The Bertz CT molecular complexity index is 1000. The molecule has 1 aliphatic rings. The van der Waals surface area contributed by atoms with Crippen LogP contribution < -0.4 is 5.32 Å². The van der Waals surface area contributed by atoms with E-state index in [1.54, 1.807) is 36.7 Å². The van der Waals surface area contributed by atoms with E-state index < -0.39 is 0 Å². The maximum atomic E-state index is 13.0. The first-order valence-corrected chi connectivity index (χ1v) is 9.34. The quantitative estimate of drug-likeness (QED) is 0.766. The number of carbonyl (C=O) groups is 2. The summed E-state index contributed by atoms with van der Waals surface area (Å²) in [7, 11) is 0. The highest BCUT2D eigenvalue weighted by atomic mass is 16.2. The van der Waals surface area contributed by atoms with Gasteiger partial charge in [-0.2, -0.15) is 0 Å². The fourth-order valence-corrected chi connectivity index (χ4v) is 3.43. The summed E-state index contributed by atoms with van der Waals surface area (Å²) in [4.78, 5) is 31.2. The van der Waals surface area contributed by atoms with E-state index in [2.05, 4.69) is 22.4 Å². The van der Waals surface area contributed by atoms with Crippen molar-refractivity contribution in [3.63, 3.8) is 0 Å². The summed E-state index contributed by atoms with van der Waals surface area (Å²) in [6, 6.07) is 18.8. The number of pyridine rings is 1. The molecule has 0 atom stereocenters. The lowest BCUT2D eigenvalue weighted by molar-refractivity contribution is 0.0734. The van der Waals surface area contributed by atoms with Crippen molar-refractivity contribution in [3.05, 3.63) is 101 Å². The first kappa shape index (κ1) is 17.9. The maximum Gasteiger partial charge on any atom is 0.254 e. The highest BCUT2D eigenvalue weighted by Crippen LogP contribution is 2.20. The highest BCUT2D eigenvalue weighted by molar-refractivity contribution is 5.99. The van der Waals surface area contributed by atoms with Crippen LogP contribution in [0.15, 0.2) is 73.1 Å². The number of amides is 2. The molecule has 5 nitrogen and oxygen atoms in total. The Morgan fingerprint density at radius 1 is 0.929 bits per heavy atom. The van der Waals surface area contributed by atoms with Gasteiger partial charge >= 0.3 is 0 Å². The number of nitrogens with one attached hydrogen (secondary N) is 1. The summed E-state index contributed by atoms with van der Waals surface area (Å²) in [5.41, 5.74) is 4.49. The number of benzene rings is 2. The van der Waals surface area contributed by atoms with Gasteiger partial charge in [-0.25, -0.2) is 0 Å². The molecule has 3 aromatic rings. The van der Waals surface area contributed by atoms with Crippen LogP contribution in [-0.4, -0.2) is 28.2 Å². The molecule has 2 aromatic carbocycles. The van der Waals surface area contributed by atoms with Gasteiger partial charge in [-0.3, -0.25) is 14.6 Å². The Balaban J connectivity index is 1.44. The molecule has 4 rings (SSSR count). The predicted octanol–water partition coefficient (Wildman–Crippen LogP) is 3.21. The topological polar surface area (TPSA) is 62.3 Å². The molecule has 5 heteroatoms. The van der Waals surface area contributed by atoms with E-state index in [1.807, 2.05) is 29.2 Å². The van der Waals surface area contributed by atoms with Crippen LogP contribution in [-0.2, 0) is 19.5 Å². The van der Waals surface area contributed by atoms with Crippen molar-refractivity contribution in [3.8, 4) is 0 Å². The van der Waals surface area contributed by atoms with E-state index in [1.165, 1.54) is 11.1 Å². The number of carbonyl (C=O) groups excluding carboxylic acids is 2. The molecule has 0 aliphatic carbocycles. The smallest absolute Gasteiger partial charge is 0.254 e. The Morgan fingerprint density at radius 3 is 2.50 bits per heavy atom. The number of aromatic nitrogens is 1. The van der Waals surface area contributed by atoms with Crippen LogP contribution in [0, 0.1) is 0 Å². The van der Waals surface area contributed by atoms with Crippen molar-refractivity contribution in [1.82, 2.24) is 15.2 Å². The van der Waals surface area contributed by atoms with Crippen molar-refractivity contribution in [1.29, 1.82) is 0 Å². The van der Waals surface area contributed by atoms with Gasteiger partial charge in [-0.1, -0.05) is 30.3 Å². The second kappa shape index (κ2) is 8.05. The lowest BCUT2D eigenvalue weighted by Gasteiger charge is -2.29. The molecule has 1 aromatic heterocycles. The van der Waals surface area contributed by atoms with Gasteiger partial charge in [0.15, 0.2) is 0 Å². The second-order valence-electron chi connectivity index (χ2n) is 6.86. The van der Waals surface area contributed by atoms with Crippen molar-refractivity contribution in [2.45, 2.75) is 19.5 Å². The molecule has 0 radical (unpaired) electrons. The van der Waals surface area contributed by atoms with Gasteiger partial charge in [-0.15, -0.1) is 0 Å². The van der Waals surface area contributed by atoms with Gasteiger partial charge in [0.05, 0.1) is 0 Å². The monoisotopic (exact) mass is 371 g/mol. The SMILES string of the molecule is O=C(NCc1ccncc1)c1cccc(C(=O)N2CCc3ccccc3C2)c1. The number of fused-ring (bicyclic) bond motifs is 1. The molecule has 0 fully saturated rings. The van der Waals surface area contributed by atoms with E-state index in [9.17, 15) is 9.59 Å². The first-order chi connectivity index (χ1) is 13.7. The van der Waals surface area contributed by atoms with Gasteiger partial charge in [-0.05, 0) is 53.4 Å². The molecule has 0 spiro atoms. The maximum absolute atomic E-state index is 13.0. The molecule has 0 saturated heterocycles. The van der Waals surface area contributed by atoms with E-state index in [0.29, 0.717) is 30.8 Å². The van der Waals surface area contributed by atoms with Crippen LogP contribution in [0.3, 0.4) is 0 Å². The summed E-state index contributed by atoms with van der Waals surface area (Å²) in [6.45, 7) is 1.71. The molecule has 0 bridgehead atoms. The minimum absolute atomic E-state index is 0.0433. The van der Waals surface area contributed by atoms with Crippen LogP contribution in [0.2, 0.25) is 0 Å². The third-order valence-corrected chi connectivity index (χ3v) is 4.99. The minimum Gasteiger partial charge on any atom is -0.348 e. The third kappa shape index (κ3) is 3.93. The molecule has 2 amide bonds. The van der Waals surface area contributed by atoms with E-state index in [0.717, 1.165) is 12.0 Å². The van der Waals surface area contributed by atoms with Crippen LogP contribution in [0.1, 0.15) is 37.4 Å². The zero-order chi connectivity index (χ0) is 19.3. The highest BCUT2D eigenvalue weighted by Gasteiger charge is 2.22. The largest absolute Gasteiger partial charge is 0.348 e. The number of hydrogen-bond acceptors (Lipinski definition) is 3. The molecule has 28 heavy (non-hydrogen) atoms. The molecular formula is C23H21N3O2.